The Morgan fingerprint density at radius 1 is 1.26 bits per heavy atom. The molecule has 0 fully saturated rings. The molecule has 5 nitrogen and oxygen atoms in total. The van der Waals surface area contributed by atoms with Gasteiger partial charge in [-0.1, -0.05) is 22.0 Å². The maximum Gasteiger partial charge on any atom is 0.168 e. The van der Waals surface area contributed by atoms with Crippen LogP contribution in [0.15, 0.2) is 35.1 Å². The normalized spacial score (nSPS) is 10.9. The molecule has 0 aliphatic heterocycles. The van der Waals surface area contributed by atoms with Crippen molar-refractivity contribution in [3.8, 4) is 5.69 Å². The summed E-state index contributed by atoms with van der Waals surface area (Å²) < 4.78 is 2.84. The van der Waals surface area contributed by atoms with Gasteiger partial charge in [0.1, 0.15) is 12.1 Å². The molecule has 2 heterocycles. The van der Waals surface area contributed by atoms with E-state index in [0.717, 1.165) is 32.7 Å². The first-order valence-corrected chi connectivity index (χ1v) is 6.64. The number of halogens is 1. The topological polar surface area (TPSA) is 55.6 Å². The summed E-state index contributed by atoms with van der Waals surface area (Å²) in [7, 11) is 1.84. The summed E-state index contributed by atoms with van der Waals surface area (Å²) in [4.78, 5) is 8.58. The predicted octanol–water partition coefficient (Wildman–Crippen LogP) is 2.93. The number of nitrogens with zero attached hydrogens (tertiary/aromatic N) is 4. The Labute approximate surface area is 118 Å². The molecule has 1 aromatic carbocycles. The Hall–Kier alpha value is -1.95. The second kappa shape index (κ2) is 4.62. The van der Waals surface area contributed by atoms with E-state index < -0.39 is 0 Å². The van der Waals surface area contributed by atoms with E-state index >= 15 is 0 Å². The summed E-state index contributed by atoms with van der Waals surface area (Å²) >= 11 is 3.47. The molecule has 0 aliphatic carbocycles. The van der Waals surface area contributed by atoms with Crippen LogP contribution in [0.5, 0.6) is 0 Å². The Kier molecular flexibility index (Phi) is 2.94. The summed E-state index contributed by atoms with van der Waals surface area (Å²) in [6, 6.07) is 7.96. The lowest BCUT2D eigenvalue weighted by Gasteiger charge is -2.04. The van der Waals surface area contributed by atoms with Crippen molar-refractivity contribution in [3.05, 3.63) is 40.8 Å². The van der Waals surface area contributed by atoms with Gasteiger partial charge in [0.05, 0.1) is 16.8 Å². The van der Waals surface area contributed by atoms with Crippen LogP contribution in [0.3, 0.4) is 0 Å². The van der Waals surface area contributed by atoms with Gasteiger partial charge in [-0.25, -0.2) is 14.6 Å². The minimum Gasteiger partial charge on any atom is -0.372 e. The fraction of sp³-hybridized carbons (Fsp3) is 0.154. The van der Waals surface area contributed by atoms with Crippen LogP contribution in [0, 0.1) is 6.92 Å². The van der Waals surface area contributed by atoms with Gasteiger partial charge in [-0.2, -0.15) is 5.10 Å². The van der Waals surface area contributed by atoms with Crippen LogP contribution < -0.4 is 5.32 Å². The van der Waals surface area contributed by atoms with Gasteiger partial charge < -0.3 is 5.32 Å². The summed E-state index contributed by atoms with van der Waals surface area (Å²) in [6.07, 6.45) is 1.55. The molecule has 3 aromatic rings. The third-order valence-corrected chi connectivity index (χ3v) is 3.42. The summed E-state index contributed by atoms with van der Waals surface area (Å²) in [5, 5.41) is 8.59. The number of hydrogen-bond donors (Lipinski definition) is 1. The summed E-state index contributed by atoms with van der Waals surface area (Å²) in [6.45, 7) is 1.96. The fourth-order valence-corrected chi connectivity index (χ4v) is 2.48. The molecule has 0 bridgehead atoms. The van der Waals surface area contributed by atoms with E-state index in [1.54, 1.807) is 6.33 Å². The first kappa shape index (κ1) is 12.1. The Bertz CT molecular complexity index is 750. The number of hydrogen-bond acceptors (Lipinski definition) is 4. The molecule has 1 N–H and O–H groups in total. The Morgan fingerprint density at radius 2 is 2.11 bits per heavy atom. The van der Waals surface area contributed by atoms with E-state index in [-0.39, 0.29) is 0 Å². The van der Waals surface area contributed by atoms with Gasteiger partial charge in [-0.05, 0) is 25.1 Å². The molecule has 0 aliphatic rings. The van der Waals surface area contributed by atoms with E-state index in [4.69, 9.17) is 0 Å². The fourth-order valence-electron chi connectivity index (χ4n) is 2.09. The number of fused-ring (bicyclic) bond motifs is 1. The van der Waals surface area contributed by atoms with Gasteiger partial charge >= 0.3 is 0 Å². The Balaban J connectivity index is 2.31. The van der Waals surface area contributed by atoms with E-state index in [2.05, 4.69) is 36.3 Å². The lowest BCUT2D eigenvalue weighted by Crippen LogP contribution is -1.99. The lowest BCUT2D eigenvalue weighted by atomic mass is 10.3. The predicted molar refractivity (Wildman–Crippen MR) is 78.6 cm³/mol. The molecule has 96 valence electrons. The van der Waals surface area contributed by atoms with Crippen molar-refractivity contribution in [2.24, 2.45) is 0 Å². The number of anilines is 1. The maximum atomic E-state index is 4.56. The van der Waals surface area contributed by atoms with Gasteiger partial charge in [-0.3, -0.25) is 0 Å². The highest BCUT2D eigenvalue weighted by molar-refractivity contribution is 9.10. The second-order valence-electron chi connectivity index (χ2n) is 4.15. The van der Waals surface area contributed by atoms with Crippen molar-refractivity contribution in [1.82, 2.24) is 19.7 Å². The standard InChI is InChI=1S/C13H12BrN5/c1-8-11-12(15-2)16-7-17-13(11)19(18-8)10-5-3-4-9(14)6-10/h3-7H,1-2H3,(H,15,16,17). The Morgan fingerprint density at radius 3 is 2.84 bits per heavy atom. The monoisotopic (exact) mass is 317 g/mol. The van der Waals surface area contributed by atoms with Crippen LogP contribution in [-0.4, -0.2) is 26.8 Å². The van der Waals surface area contributed by atoms with E-state index in [0.29, 0.717) is 0 Å². The van der Waals surface area contributed by atoms with Gasteiger partial charge in [0.25, 0.3) is 0 Å². The molecule has 0 amide bonds. The van der Waals surface area contributed by atoms with Crippen molar-refractivity contribution in [3.63, 3.8) is 0 Å². The average molecular weight is 318 g/mol. The van der Waals surface area contributed by atoms with Gasteiger partial charge in [0, 0.05) is 11.5 Å². The number of nitrogens with one attached hydrogen (secondary N) is 1. The quantitative estimate of drug-likeness (QED) is 0.789. The molecule has 3 rings (SSSR count). The molecule has 0 radical (unpaired) electrons. The van der Waals surface area contributed by atoms with Gasteiger partial charge in [0.2, 0.25) is 0 Å². The van der Waals surface area contributed by atoms with Crippen molar-refractivity contribution >= 4 is 32.8 Å². The minimum atomic E-state index is 0.795. The molecule has 0 spiro atoms. The highest BCUT2D eigenvalue weighted by Gasteiger charge is 2.14. The molecule has 2 aromatic heterocycles. The maximum absolute atomic E-state index is 4.56. The summed E-state index contributed by atoms with van der Waals surface area (Å²) in [5.41, 5.74) is 2.67. The third-order valence-electron chi connectivity index (χ3n) is 2.93. The third kappa shape index (κ3) is 1.98. The van der Waals surface area contributed by atoms with Crippen molar-refractivity contribution in [2.75, 3.05) is 12.4 Å². The zero-order valence-corrected chi connectivity index (χ0v) is 12.1. The smallest absolute Gasteiger partial charge is 0.168 e. The van der Waals surface area contributed by atoms with Crippen LogP contribution in [0.25, 0.3) is 16.7 Å². The van der Waals surface area contributed by atoms with Crippen LogP contribution in [-0.2, 0) is 0 Å². The molecule has 0 saturated carbocycles. The van der Waals surface area contributed by atoms with E-state index in [1.807, 2.05) is 42.9 Å². The second-order valence-corrected chi connectivity index (χ2v) is 5.06. The van der Waals surface area contributed by atoms with Crippen LogP contribution in [0.2, 0.25) is 0 Å². The largest absolute Gasteiger partial charge is 0.372 e. The van der Waals surface area contributed by atoms with Gasteiger partial charge in [-0.15, -0.1) is 0 Å². The highest BCUT2D eigenvalue weighted by Crippen LogP contribution is 2.25. The van der Waals surface area contributed by atoms with E-state index in [9.17, 15) is 0 Å². The van der Waals surface area contributed by atoms with Crippen molar-refractivity contribution in [1.29, 1.82) is 0 Å². The highest BCUT2D eigenvalue weighted by atomic mass is 79.9. The lowest BCUT2D eigenvalue weighted by molar-refractivity contribution is 0.876. The van der Waals surface area contributed by atoms with Crippen LogP contribution >= 0.6 is 15.9 Å². The van der Waals surface area contributed by atoms with Crippen molar-refractivity contribution in [2.45, 2.75) is 6.92 Å². The molecular weight excluding hydrogens is 306 g/mol. The molecule has 6 heteroatoms. The zero-order valence-electron chi connectivity index (χ0n) is 10.6. The van der Waals surface area contributed by atoms with Gasteiger partial charge in [0.15, 0.2) is 5.65 Å². The van der Waals surface area contributed by atoms with Crippen LogP contribution in [0.1, 0.15) is 5.69 Å². The number of aromatic nitrogens is 4. The first-order chi connectivity index (χ1) is 9.20. The molecule has 0 saturated heterocycles. The van der Waals surface area contributed by atoms with Crippen molar-refractivity contribution < 1.29 is 0 Å². The zero-order chi connectivity index (χ0) is 13.4. The number of aryl methyl sites for hydroxylation is 1. The summed E-state index contributed by atoms with van der Waals surface area (Å²) in [5.74, 6) is 0.795. The minimum absolute atomic E-state index is 0.795. The molecule has 0 unspecified atom stereocenters. The number of benzene rings is 1. The SMILES string of the molecule is CNc1ncnc2c1c(C)nn2-c1cccc(Br)c1. The number of rotatable bonds is 2. The molecule has 19 heavy (non-hydrogen) atoms. The molecule has 0 atom stereocenters. The van der Waals surface area contributed by atoms with Crippen LogP contribution in [0.4, 0.5) is 5.82 Å². The molecular formula is C13H12BrN5. The average Bonchev–Trinajstić information content (AvgIpc) is 2.76. The van der Waals surface area contributed by atoms with E-state index in [1.165, 1.54) is 0 Å². The first-order valence-electron chi connectivity index (χ1n) is 5.84.